The van der Waals surface area contributed by atoms with Crippen LogP contribution >= 0.6 is 0 Å². The lowest BCUT2D eigenvalue weighted by Crippen LogP contribution is -2.14. The maximum atomic E-state index is 10.8. The average Bonchev–Trinajstić information content (AvgIpc) is 2.80. The van der Waals surface area contributed by atoms with E-state index in [1.165, 1.54) is 11.2 Å². The van der Waals surface area contributed by atoms with Crippen molar-refractivity contribution in [1.29, 1.82) is 0 Å². The Morgan fingerprint density at radius 1 is 1.22 bits per heavy atom. The van der Waals surface area contributed by atoms with Crippen molar-refractivity contribution >= 4 is 17.3 Å². The molecule has 1 fully saturated rings. The second-order valence-corrected chi connectivity index (χ2v) is 5.31. The molecule has 2 aromatic rings. The zero-order valence-corrected chi connectivity index (χ0v) is 10.7. The minimum Gasteiger partial charge on any atom is -0.349 e. The molecule has 0 saturated heterocycles. The molecule has 1 aliphatic rings. The first-order chi connectivity index (χ1) is 8.78. The Morgan fingerprint density at radius 3 is 2.72 bits per heavy atom. The number of rotatable bonds is 2. The summed E-state index contributed by atoms with van der Waals surface area (Å²) in [4.78, 5) is 15.5. The first kappa shape index (κ1) is 11.5. The highest BCUT2D eigenvalue weighted by atomic mass is 16.1. The SMILES string of the molecule is Cn1ccc2nc(C3CCC(C=O)CC3)ccc21. The van der Waals surface area contributed by atoms with Crippen molar-refractivity contribution in [3.05, 3.63) is 30.1 Å². The molecule has 3 nitrogen and oxygen atoms in total. The fourth-order valence-corrected chi connectivity index (χ4v) is 2.95. The van der Waals surface area contributed by atoms with E-state index in [0.717, 1.165) is 37.5 Å². The number of carbonyl (C=O) groups excluding carboxylic acids is 1. The van der Waals surface area contributed by atoms with Crippen LogP contribution < -0.4 is 0 Å². The van der Waals surface area contributed by atoms with Gasteiger partial charge >= 0.3 is 0 Å². The van der Waals surface area contributed by atoms with Crippen LogP contribution in [0.3, 0.4) is 0 Å². The molecule has 0 spiro atoms. The normalized spacial score (nSPS) is 24.3. The highest BCUT2D eigenvalue weighted by Gasteiger charge is 2.23. The topological polar surface area (TPSA) is 34.9 Å². The van der Waals surface area contributed by atoms with Gasteiger partial charge < -0.3 is 9.36 Å². The van der Waals surface area contributed by atoms with Gasteiger partial charge in [-0.3, -0.25) is 4.98 Å². The lowest BCUT2D eigenvalue weighted by atomic mass is 9.81. The number of aldehydes is 1. The Morgan fingerprint density at radius 2 is 2.00 bits per heavy atom. The zero-order valence-electron chi connectivity index (χ0n) is 10.7. The highest BCUT2D eigenvalue weighted by molar-refractivity contribution is 5.75. The number of nitrogens with zero attached hydrogens (tertiary/aromatic N) is 2. The molecule has 0 atom stereocenters. The maximum Gasteiger partial charge on any atom is 0.123 e. The van der Waals surface area contributed by atoms with Crippen LogP contribution in [0.2, 0.25) is 0 Å². The van der Waals surface area contributed by atoms with E-state index in [9.17, 15) is 4.79 Å². The molecule has 3 heteroatoms. The van der Waals surface area contributed by atoms with Crippen molar-refractivity contribution in [3.8, 4) is 0 Å². The number of fused-ring (bicyclic) bond motifs is 1. The van der Waals surface area contributed by atoms with E-state index in [-0.39, 0.29) is 5.92 Å². The van der Waals surface area contributed by atoms with Crippen LogP contribution in [-0.2, 0) is 11.8 Å². The maximum absolute atomic E-state index is 10.8. The number of aryl methyl sites for hydroxylation is 1. The second-order valence-electron chi connectivity index (χ2n) is 5.31. The first-order valence-electron chi connectivity index (χ1n) is 6.65. The van der Waals surface area contributed by atoms with E-state index in [4.69, 9.17) is 4.98 Å². The van der Waals surface area contributed by atoms with Gasteiger partial charge in [0.25, 0.3) is 0 Å². The summed E-state index contributed by atoms with van der Waals surface area (Å²) in [6, 6.07) is 6.37. The van der Waals surface area contributed by atoms with Crippen molar-refractivity contribution < 1.29 is 4.79 Å². The molecular formula is C15H18N2O. The van der Waals surface area contributed by atoms with E-state index in [1.54, 1.807) is 0 Å². The van der Waals surface area contributed by atoms with Gasteiger partial charge in [0.1, 0.15) is 6.29 Å². The van der Waals surface area contributed by atoms with E-state index in [2.05, 4.69) is 22.8 Å². The summed E-state index contributed by atoms with van der Waals surface area (Å²) in [6.45, 7) is 0. The molecule has 0 unspecified atom stereocenters. The van der Waals surface area contributed by atoms with Crippen LogP contribution in [0.1, 0.15) is 37.3 Å². The van der Waals surface area contributed by atoms with E-state index >= 15 is 0 Å². The third-order valence-corrected chi connectivity index (χ3v) is 4.14. The largest absolute Gasteiger partial charge is 0.349 e. The summed E-state index contributed by atoms with van der Waals surface area (Å²) in [5.74, 6) is 0.813. The minimum atomic E-state index is 0.279. The average molecular weight is 242 g/mol. The second kappa shape index (κ2) is 4.56. The summed E-state index contributed by atoms with van der Waals surface area (Å²) < 4.78 is 2.09. The van der Waals surface area contributed by atoms with Gasteiger partial charge in [-0.25, -0.2) is 0 Å². The minimum absolute atomic E-state index is 0.279. The summed E-state index contributed by atoms with van der Waals surface area (Å²) >= 11 is 0. The van der Waals surface area contributed by atoms with E-state index in [1.807, 2.05) is 13.2 Å². The standard InChI is InChI=1S/C15H18N2O/c1-17-9-8-14-15(17)7-6-13(16-14)12-4-2-11(10-18)3-5-12/h6-12H,2-5H2,1H3. The smallest absolute Gasteiger partial charge is 0.123 e. The van der Waals surface area contributed by atoms with Gasteiger partial charge in [0, 0.05) is 30.8 Å². The van der Waals surface area contributed by atoms with Gasteiger partial charge in [-0.05, 0) is 43.9 Å². The van der Waals surface area contributed by atoms with Crippen molar-refractivity contribution in [2.45, 2.75) is 31.6 Å². The quantitative estimate of drug-likeness (QED) is 0.759. The van der Waals surface area contributed by atoms with Gasteiger partial charge in [0.05, 0.1) is 11.0 Å². The number of aromatic nitrogens is 2. The van der Waals surface area contributed by atoms with Gasteiger partial charge in [-0.1, -0.05) is 0 Å². The third-order valence-electron chi connectivity index (χ3n) is 4.14. The molecule has 2 aromatic heterocycles. The van der Waals surface area contributed by atoms with Crippen molar-refractivity contribution in [2.24, 2.45) is 13.0 Å². The number of hydrogen-bond acceptors (Lipinski definition) is 2. The summed E-state index contributed by atoms with van der Waals surface area (Å²) in [6.07, 6.45) is 7.38. The van der Waals surface area contributed by atoms with Crippen LogP contribution in [0.5, 0.6) is 0 Å². The zero-order chi connectivity index (χ0) is 12.5. The van der Waals surface area contributed by atoms with Gasteiger partial charge in [0.2, 0.25) is 0 Å². The van der Waals surface area contributed by atoms with Gasteiger partial charge in [-0.15, -0.1) is 0 Å². The Balaban J connectivity index is 1.84. The van der Waals surface area contributed by atoms with Crippen molar-refractivity contribution in [1.82, 2.24) is 9.55 Å². The lowest BCUT2D eigenvalue weighted by molar-refractivity contribution is -0.111. The molecule has 94 valence electrons. The molecular weight excluding hydrogens is 224 g/mol. The van der Waals surface area contributed by atoms with Gasteiger partial charge in [-0.2, -0.15) is 0 Å². The summed E-state index contributed by atoms with van der Waals surface area (Å²) in [7, 11) is 2.04. The monoisotopic (exact) mass is 242 g/mol. The molecule has 3 rings (SSSR count). The molecule has 18 heavy (non-hydrogen) atoms. The molecule has 0 amide bonds. The summed E-state index contributed by atoms with van der Waals surface area (Å²) in [5, 5.41) is 0. The van der Waals surface area contributed by atoms with Crippen molar-refractivity contribution in [3.63, 3.8) is 0 Å². The Kier molecular flexibility index (Phi) is 2.90. The van der Waals surface area contributed by atoms with E-state index in [0.29, 0.717) is 5.92 Å². The fraction of sp³-hybridized carbons (Fsp3) is 0.467. The Hall–Kier alpha value is -1.64. The molecule has 0 N–H and O–H groups in total. The van der Waals surface area contributed by atoms with Crippen LogP contribution in [0, 0.1) is 5.92 Å². The van der Waals surface area contributed by atoms with Crippen LogP contribution in [-0.4, -0.2) is 15.8 Å². The molecule has 2 heterocycles. The fourth-order valence-electron chi connectivity index (χ4n) is 2.95. The van der Waals surface area contributed by atoms with Crippen LogP contribution in [0.4, 0.5) is 0 Å². The Labute approximate surface area is 107 Å². The molecule has 1 aliphatic carbocycles. The van der Waals surface area contributed by atoms with Gasteiger partial charge in [0.15, 0.2) is 0 Å². The molecule has 0 aliphatic heterocycles. The third kappa shape index (κ3) is 1.94. The molecule has 0 radical (unpaired) electrons. The predicted molar refractivity (Wildman–Crippen MR) is 71.5 cm³/mol. The molecule has 0 aromatic carbocycles. The highest BCUT2D eigenvalue weighted by Crippen LogP contribution is 2.34. The molecule has 1 saturated carbocycles. The van der Waals surface area contributed by atoms with Crippen LogP contribution in [0.25, 0.3) is 11.0 Å². The Bertz CT molecular complexity index is 565. The van der Waals surface area contributed by atoms with E-state index < -0.39 is 0 Å². The summed E-state index contributed by atoms with van der Waals surface area (Å²) in [5.41, 5.74) is 3.45. The van der Waals surface area contributed by atoms with Crippen molar-refractivity contribution in [2.75, 3.05) is 0 Å². The predicted octanol–water partition coefficient (Wildman–Crippen LogP) is 3.05. The number of pyridine rings is 1. The molecule has 0 bridgehead atoms. The number of carbonyl (C=O) groups is 1. The van der Waals surface area contributed by atoms with Crippen LogP contribution in [0.15, 0.2) is 24.4 Å². The number of hydrogen-bond donors (Lipinski definition) is 0. The first-order valence-corrected chi connectivity index (χ1v) is 6.65. The lowest BCUT2D eigenvalue weighted by Gasteiger charge is -2.24.